The maximum atomic E-state index is 12.3. The third kappa shape index (κ3) is 4.78. The fraction of sp³-hybridized carbons (Fsp3) is 0.263. The Morgan fingerprint density at radius 2 is 1.81 bits per heavy atom. The predicted molar refractivity (Wildman–Crippen MR) is 93.9 cm³/mol. The number of aromatic amines is 1. The van der Waals surface area contributed by atoms with Crippen LogP contribution in [0.15, 0.2) is 54.7 Å². The Kier molecular flexibility index (Phi) is 5.78. The Bertz CT molecular complexity index is 743. The first-order valence-corrected chi connectivity index (χ1v) is 8.35. The minimum Gasteiger partial charge on any atom is -0.435 e. The number of anilines is 1. The molecule has 1 aliphatic heterocycles. The normalized spacial score (nSPS) is 14.9. The zero-order chi connectivity index (χ0) is 18.4. The number of alkyl halides is 2. The van der Waals surface area contributed by atoms with E-state index >= 15 is 0 Å². The fourth-order valence-electron chi connectivity index (χ4n) is 2.78. The van der Waals surface area contributed by atoms with Gasteiger partial charge in [-0.2, -0.15) is 8.78 Å². The van der Waals surface area contributed by atoms with E-state index in [4.69, 9.17) is 0 Å². The summed E-state index contributed by atoms with van der Waals surface area (Å²) in [6.45, 7) is -0.0234. The largest absolute Gasteiger partial charge is 0.435 e. The van der Waals surface area contributed by atoms with E-state index in [9.17, 15) is 13.6 Å². The molecule has 0 radical (unpaired) electrons. The zero-order valence-electron chi connectivity index (χ0n) is 14.1. The average molecular weight is 360 g/mol. The molecule has 1 saturated heterocycles. The van der Waals surface area contributed by atoms with Gasteiger partial charge in [0.1, 0.15) is 18.8 Å². The van der Waals surface area contributed by atoms with Gasteiger partial charge in [0.05, 0.1) is 19.3 Å². The van der Waals surface area contributed by atoms with Gasteiger partial charge in [0.2, 0.25) is 5.91 Å². The van der Waals surface area contributed by atoms with Crippen molar-refractivity contribution in [2.45, 2.75) is 6.61 Å². The number of nitrogens with one attached hydrogen (secondary N) is 1. The first kappa shape index (κ1) is 17.8. The number of carbonyl (C=O) groups excluding carboxylic acids is 1. The maximum absolute atomic E-state index is 12.3. The highest BCUT2D eigenvalue weighted by molar-refractivity contribution is 5.92. The molecule has 0 spiro atoms. The molecule has 2 aromatic rings. The Morgan fingerprint density at radius 1 is 1.08 bits per heavy atom. The van der Waals surface area contributed by atoms with Crippen molar-refractivity contribution in [1.29, 1.82) is 0 Å². The number of nitrogens with zero attached hydrogens (tertiary/aromatic N) is 2. The average Bonchev–Trinajstić information content (AvgIpc) is 2.67. The number of rotatable bonds is 5. The molecule has 1 fully saturated rings. The van der Waals surface area contributed by atoms with Crippen LogP contribution in [0.1, 0.15) is 5.56 Å². The van der Waals surface area contributed by atoms with Gasteiger partial charge in [0.25, 0.3) is 5.82 Å². The third-order valence-corrected chi connectivity index (χ3v) is 4.15. The van der Waals surface area contributed by atoms with E-state index in [1.165, 1.54) is 18.2 Å². The number of pyridine rings is 1. The van der Waals surface area contributed by atoms with Crippen LogP contribution in [0.2, 0.25) is 0 Å². The summed E-state index contributed by atoms with van der Waals surface area (Å²) in [4.78, 5) is 19.5. The van der Waals surface area contributed by atoms with Gasteiger partial charge in [-0.1, -0.05) is 18.2 Å². The first-order chi connectivity index (χ1) is 12.6. The van der Waals surface area contributed by atoms with Crippen molar-refractivity contribution in [3.63, 3.8) is 0 Å². The molecular formula is C19H20F2N3O2+. The second-order valence-electron chi connectivity index (χ2n) is 5.84. The van der Waals surface area contributed by atoms with E-state index in [2.05, 4.69) is 14.6 Å². The molecule has 0 bridgehead atoms. The number of ether oxygens (including phenoxy) is 1. The van der Waals surface area contributed by atoms with Gasteiger partial charge in [0.15, 0.2) is 0 Å². The van der Waals surface area contributed by atoms with Crippen molar-refractivity contribution in [3.8, 4) is 5.75 Å². The van der Waals surface area contributed by atoms with E-state index in [0.29, 0.717) is 13.1 Å². The van der Waals surface area contributed by atoms with Crippen LogP contribution in [0.3, 0.4) is 0 Å². The van der Waals surface area contributed by atoms with E-state index in [1.54, 1.807) is 23.1 Å². The molecule has 1 aromatic heterocycles. The highest BCUT2D eigenvalue weighted by Crippen LogP contribution is 2.16. The SMILES string of the molecule is O=C(/C=C/c1ccc(OC(F)F)cc1)N1CCN(c2cccc[nH+]2)CC1. The van der Waals surface area contributed by atoms with Crippen molar-refractivity contribution in [2.75, 3.05) is 31.1 Å². The molecule has 3 rings (SSSR count). The van der Waals surface area contributed by atoms with Gasteiger partial charge in [-0.3, -0.25) is 9.69 Å². The molecule has 0 unspecified atom stereocenters. The molecule has 1 N–H and O–H groups in total. The van der Waals surface area contributed by atoms with Crippen molar-refractivity contribution in [2.24, 2.45) is 0 Å². The number of aromatic nitrogens is 1. The van der Waals surface area contributed by atoms with Gasteiger partial charge in [0, 0.05) is 12.1 Å². The molecular weight excluding hydrogens is 340 g/mol. The van der Waals surface area contributed by atoms with Crippen LogP contribution in [0.5, 0.6) is 5.75 Å². The standard InChI is InChI=1S/C19H19F2N3O2/c20-19(21)26-16-7-4-15(5-8-16)6-9-18(25)24-13-11-23(12-14-24)17-3-1-2-10-22-17/h1-10,19H,11-14H2/p+1/b9-6+. The number of carbonyl (C=O) groups is 1. The number of benzene rings is 1. The van der Waals surface area contributed by atoms with Crippen LogP contribution in [0.25, 0.3) is 6.08 Å². The van der Waals surface area contributed by atoms with Crippen LogP contribution >= 0.6 is 0 Å². The summed E-state index contributed by atoms with van der Waals surface area (Å²) in [6.07, 6.45) is 5.06. The van der Waals surface area contributed by atoms with Gasteiger partial charge >= 0.3 is 6.61 Å². The van der Waals surface area contributed by atoms with Gasteiger partial charge in [-0.05, 0) is 29.8 Å². The Balaban J connectivity index is 1.51. The molecule has 136 valence electrons. The van der Waals surface area contributed by atoms with Crippen molar-refractivity contribution in [1.82, 2.24) is 4.90 Å². The van der Waals surface area contributed by atoms with Crippen LogP contribution < -0.4 is 14.6 Å². The minimum atomic E-state index is -2.84. The summed E-state index contributed by atoms with van der Waals surface area (Å²) in [5.41, 5.74) is 0.748. The second kappa shape index (κ2) is 8.42. The van der Waals surface area contributed by atoms with Crippen molar-refractivity contribution in [3.05, 3.63) is 60.3 Å². The number of H-pyrrole nitrogens is 1. The fourth-order valence-corrected chi connectivity index (χ4v) is 2.78. The molecule has 0 aliphatic carbocycles. The van der Waals surface area contributed by atoms with Crippen LogP contribution in [0, 0.1) is 0 Å². The number of halogens is 2. The lowest BCUT2D eigenvalue weighted by molar-refractivity contribution is -0.364. The van der Waals surface area contributed by atoms with E-state index in [-0.39, 0.29) is 11.7 Å². The molecule has 2 heterocycles. The van der Waals surface area contributed by atoms with E-state index in [1.807, 2.05) is 24.4 Å². The summed E-state index contributed by atoms with van der Waals surface area (Å²) >= 11 is 0. The molecule has 26 heavy (non-hydrogen) atoms. The number of hydrogen-bond acceptors (Lipinski definition) is 3. The van der Waals surface area contributed by atoms with Gasteiger partial charge in [-0.15, -0.1) is 0 Å². The van der Waals surface area contributed by atoms with Crippen LogP contribution in [-0.4, -0.2) is 43.6 Å². The summed E-state index contributed by atoms with van der Waals surface area (Å²) in [7, 11) is 0. The number of piperazine rings is 1. The molecule has 0 saturated carbocycles. The van der Waals surface area contributed by atoms with Crippen molar-refractivity contribution < 1.29 is 23.3 Å². The molecule has 0 atom stereocenters. The van der Waals surface area contributed by atoms with E-state index < -0.39 is 6.61 Å². The minimum absolute atomic E-state index is 0.0606. The molecule has 5 nitrogen and oxygen atoms in total. The summed E-state index contributed by atoms with van der Waals surface area (Å²) in [5, 5.41) is 0. The van der Waals surface area contributed by atoms with Gasteiger partial charge in [-0.25, -0.2) is 4.98 Å². The predicted octanol–water partition coefficient (Wildman–Crippen LogP) is 2.46. The van der Waals surface area contributed by atoms with Crippen molar-refractivity contribution >= 4 is 17.8 Å². The lowest BCUT2D eigenvalue weighted by atomic mass is 10.2. The van der Waals surface area contributed by atoms with E-state index in [0.717, 1.165) is 24.5 Å². The quantitative estimate of drug-likeness (QED) is 0.770. The Morgan fingerprint density at radius 3 is 2.42 bits per heavy atom. The highest BCUT2D eigenvalue weighted by atomic mass is 19.3. The first-order valence-electron chi connectivity index (χ1n) is 8.35. The molecule has 7 heteroatoms. The number of amides is 1. The van der Waals surface area contributed by atoms with Crippen LogP contribution in [0.4, 0.5) is 14.6 Å². The molecule has 1 amide bonds. The van der Waals surface area contributed by atoms with Gasteiger partial charge < -0.3 is 9.64 Å². The number of hydrogen-bond donors (Lipinski definition) is 0. The smallest absolute Gasteiger partial charge is 0.387 e. The monoisotopic (exact) mass is 360 g/mol. The third-order valence-electron chi connectivity index (χ3n) is 4.15. The lowest BCUT2D eigenvalue weighted by Crippen LogP contribution is -2.49. The topological polar surface area (TPSA) is 46.9 Å². The summed E-state index contributed by atoms with van der Waals surface area (Å²) in [6, 6.07) is 12.1. The lowest BCUT2D eigenvalue weighted by Gasteiger charge is -2.30. The maximum Gasteiger partial charge on any atom is 0.387 e. The summed E-state index contributed by atoms with van der Waals surface area (Å²) in [5.74, 6) is 1.08. The second-order valence-corrected chi connectivity index (χ2v) is 5.84. The highest BCUT2D eigenvalue weighted by Gasteiger charge is 2.24. The Hall–Kier alpha value is -2.96. The summed E-state index contributed by atoms with van der Waals surface area (Å²) < 4.78 is 28.5. The molecule has 1 aliphatic rings. The molecule has 1 aromatic carbocycles. The Labute approximate surface area is 150 Å². The zero-order valence-corrected chi connectivity index (χ0v) is 14.1. The van der Waals surface area contributed by atoms with Crippen LogP contribution in [-0.2, 0) is 4.79 Å².